The maximum absolute atomic E-state index is 11.8. The second-order valence-electron chi connectivity index (χ2n) is 5.36. The van der Waals surface area contributed by atoms with Crippen molar-refractivity contribution in [2.75, 3.05) is 13.1 Å². The van der Waals surface area contributed by atoms with Gasteiger partial charge in [0.25, 0.3) is 5.91 Å². The molecule has 3 N–H and O–H groups in total. The Morgan fingerprint density at radius 3 is 2.71 bits per heavy atom. The highest BCUT2D eigenvalue weighted by atomic mass is 16.3. The van der Waals surface area contributed by atoms with E-state index in [9.17, 15) is 14.7 Å². The smallest absolute Gasteiger partial charge is 0.273 e. The largest absolute Gasteiger partial charge is 0.505 e. The van der Waals surface area contributed by atoms with Crippen LogP contribution in [0.5, 0.6) is 5.75 Å². The molecule has 8 heteroatoms. The Bertz CT molecular complexity index is 675. The lowest BCUT2D eigenvalue weighted by Gasteiger charge is -2.10. The van der Waals surface area contributed by atoms with Crippen molar-refractivity contribution in [1.82, 2.24) is 15.6 Å². The number of rotatable bonds is 9. The van der Waals surface area contributed by atoms with Crippen LogP contribution >= 0.6 is 0 Å². The third-order valence-electron chi connectivity index (χ3n) is 3.54. The van der Waals surface area contributed by atoms with E-state index < -0.39 is 11.6 Å². The Hall–Kier alpha value is -2.95. The van der Waals surface area contributed by atoms with Crippen LogP contribution in [0.2, 0.25) is 0 Å². The zero-order chi connectivity index (χ0) is 17.4. The third-order valence-corrected chi connectivity index (χ3v) is 3.54. The maximum Gasteiger partial charge on any atom is 0.273 e. The predicted octanol–water partition coefficient (Wildman–Crippen LogP) is 0.989. The molecule has 2 rings (SSSR count). The van der Waals surface area contributed by atoms with Gasteiger partial charge < -0.3 is 15.7 Å². The summed E-state index contributed by atoms with van der Waals surface area (Å²) in [5.74, 6) is 1.64. The molecule has 1 aromatic heterocycles. The first kappa shape index (κ1) is 17.4. The van der Waals surface area contributed by atoms with Crippen LogP contribution in [0, 0.1) is 12.3 Å². The molecular weight excluding hydrogens is 310 g/mol. The lowest BCUT2D eigenvalue weighted by atomic mass is 10.0. The van der Waals surface area contributed by atoms with E-state index in [0.29, 0.717) is 25.8 Å². The zero-order valence-corrected chi connectivity index (χ0v) is 13.2. The fourth-order valence-electron chi connectivity index (χ4n) is 2.10. The van der Waals surface area contributed by atoms with E-state index in [4.69, 9.17) is 6.42 Å². The summed E-state index contributed by atoms with van der Waals surface area (Å²) in [6.45, 7) is 0.600. The number of nitrogens with one attached hydrogen (secondary N) is 2. The fraction of sp³-hybridized carbons (Fsp3) is 0.438. The first-order valence-corrected chi connectivity index (χ1v) is 7.63. The summed E-state index contributed by atoms with van der Waals surface area (Å²) >= 11 is 0. The number of hydrogen-bond donors (Lipinski definition) is 3. The van der Waals surface area contributed by atoms with Crippen LogP contribution in [0.3, 0.4) is 0 Å². The summed E-state index contributed by atoms with van der Waals surface area (Å²) in [4.78, 5) is 27.3. The number of carbonyl (C=O) groups is 2. The summed E-state index contributed by atoms with van der Waals surface area (Å²) in [5.41, 5.74) is -0.477. The van der Waals surface area contributed by atoms with Gasteiger partial charge in [0.1, 0.15) is 5.75 Å². The minimum absolute atomic E-state index is 0.0645. The van der Waals surface area contributed by atoms with Crippen LogP contribution in [0.1, 0.15) is 36.2 Å². The molecule has 0 saturated carbocycles. The number of amides is 2. The van der Waals surface area contributed by atoms with Gasteiger partial charge in [0.05, 0.1) is 0 Å². The Kier molecular flexibility index (Phi) is 5.84. The van der Waals surface area contributed by atoms with Gasteiger partial charge in [0, 0.05) is 45.0 Å². The van der Waals surface area contributed by atoms with Gasteiger partial charge in [0.15, 0.2) is 11.4 Å². The Morgan fingerprint density at radius 1 is 1.25 bits per heavy atom. The number of nitrogens with zero attached hydrogens (tertiary/aromatic N) is 3. The van der Waals surface area contributed by atoms with Crippen molar-refractivity contribution in [2.24, 2.45) is 10.2 Å². The molecule has 2 amide bonds. The van der Waals surface area contributed by atoms with Crippen molar-refractivity contribution in [1.29, 1.82) is 0 Å². The van der Waals surface area contributed by atoms with Gasteiger partial charge in [-0.1, -0.05) is 0 Å². The number of carbonyl (C=O) groups excluding carboxylic acids is 2. The van der Waals surface area contributed by atoms with Crippen molar-refractivity contribution in [3.05, 3.63) is 24.0 Å². The molecule has 126 valence electrons. The van der Waals surface area contributed by atoms with Crippen LogP contribution in [0.25, 0.3) is 0 Å². The highest BCUT2D eigenvalue weighted by Gasteiger charge is 2.38. The van der Waals surface area contributed by atoms with Crippen molar-refractivity contribution in [2.45, 2.75) is 31.3 Å². The lowest BCUT2D eigenvalue weighted by molar-refractivity contribution is -0.120. The predicted molar refractivity (Wildman–Crippen MR) is 86.1 cm³/mol. The van der Waals surface area contributed by atoms with E-state index in [1.807, 2.05) is 0 Å². The Morgan fingerprint density at radius 2 is 2.04 bits per heavy atom. The number of terminal acetylenes is 1. The highest BCUT2D eigenvalue weighted by molar-refractivity contribution is 5.94. The molecular formula is C16H19N5O3. The summed E-state index contributed by atoms with van der Waals surface area (Å²) in [6, 6.07) is 2.90. The lowest BCUT2D eigenvalue weighted by Crippen LogP contribution is -2.32. The highest BCUT2D eigenvalue weighted by Crippen LogP contribution is 2.35. The molecule has 8 nitrogen and oxygen atoms in total. The first-order chi connectivity index (χ1) is 11.6. The Labute approximate surface area is 139 Å². The van der Waals surface area contributed by atoms with Crippen LogP contribution in [0.15, 0.2) is 28.6 Å². The van der Waals surface area contributed by atoms with Crippen molar-refractivity contribution in [3.8, 4) is 18.1 Å². The summed E-state index contributed by atoms with van der Waals surface area (Å²) in [7, 11) is 0. The quantitative estimate of drug-likeness (QED) is 0.586. The van der Waals surface area contributed by atoms with E-state index in [0.717, 1.165) is 0 Å². The number of pyridine rings is 1. The van der Waals surface area contributed by atoms with Crippen LogP contribution < -0.4 is 10.6 Å². The van der Waals surface area contributed by atoms with Gasteiger partial charge in [-0.2, -0.15) is 10.2 Å². The molecule has 0 spiro atoms. The topological polar surface area (TPSA) is 116 Å². The van der Waals surface area contributed by atoms with Gasteiger partial charge in [0.2, 0.25) is 5.91 Å². The number of aromatic nitrogens is 1. The molecule has 2 heterocycles. The molecule has 0 radical (unpaired) electrons. The van der Waals surface area contributed by atoms with Gasteiger partial charge >= 0.3 is 0 Å². The number of hydrogen-bond acceptors (Lipinski definition) is 6. The molecule has 0 unspecified atom stereocenters. The number of aromatic hydroxyl groups is 1. The van der Waals surface area contributed by atoms with Gasteiger partial charge in [-0.15, -0.1) is 12.3 Å². The Balaban J connectivity index is 1.61. The van der Waals surface area contributed by atoms with Crippen LogP contribution in [-0.4, -0.2) is 40.7 Å². The molecule has 0 atom stereocenters. The van der Waals surface area contributed by atoms with E-state index in [1.165, 1.54) is 18.3 Å². The molecule has 0 aliphatic carbocycles. The molecule has 1 aliphatic rings. The maximum atomic E-state index is 11.8. The molecule has 0 fully saturated rings. The molecule has 0 bridgehead atoms. The van der Waals surface area contributed by atoms with E-state index in [1.54, 1.807) is 0 Å². The second kappa shape index (κ2) is 8.06. The molecule has 0 saturated heterocycles. The van der Waals surface area contributed by atoms with Crippen molar-refractivity contribution >= 4 is 11.8 Å². The fourth-order valence-corrected chi connectivity index (χ4v) is 2.10. The standard InChI is InChI=1S/C16H19N5O3/c1-2-3-7-16(20-21-16)8-11-17-13(23)6-10-19-15(24)14-12(22)5-4-9-18-14/h1,4-5,9,22H,3,6-8,10-11H2,(H,17,23)(H,19,24). The first-order valence-electron chi connectivity index (χ1n) is 7.63. The molecule has 0 aromatic carbocycles. The summed E-state index contributed by atoms with van der Waals surface area (Å²) < 4.78 is 0. The van der Waals surface area contributed by atoms with E-state index >= 15 is 0 Å². The van der Waals surface area contributed by atoms with E-state index in [2.05, 4.69) is 31.8 Å². The average molecular weight is 329 g/mol. The van der Waals surface area contributed by atoms with Crippen molar-refractivity contribution in [3.63, 3.8) is 0 Å². The van der Waals surface area contributed by atoms with Gasteiger partial charge in [-0.25, -0.2) is 4.98 Å². The minimum Gasteiger partial charge on any atom is -0.505 e. The second-order valence-corrected chi connectivity index (χ2v) is 5.36. The zero-order valence-electron chi connectivity index (χ0n) is 13.2. The molecule has 1 aromatic rings. The van der Waals surface area contributed by atoms with Gasteiger partial charge in [-0.05, 0) is 12.1 Å². The van der Waals surface area contributed by atoms with Crippen LogP contribution in [-0.2, 0) is 4.79 Å². The summed E-state index contributed by atoms with van der Waals surface area (Å²) in [6.07, 6.45) is 8.67. The average Bonchev–Trinajstić information content (AvgIpc) is 3.33. The monoisotopic (exact) mass is 329 g/mol. The molecule has 24 heavy (non-hydrogen) atoms. The van der Waals surface area contributed by atoms with Crippen LogP contribution in [0.4, 0.5) is 0 Å². The van der Waals surface area contributed by atoms with E-state index in [-0.39, 0.29) is 30.3 Å². The molecule has 1 aliphatic heterocycles. The minimum atomic E-state index is -0.523. The van der Waals surface area contributed by atoms with Crippen molar-refractivity contribution < 1.29 is 14.7 Å². The third kappa shape index (κ3) is 5.05. The SMILES string of the molecule is C#CCCC1(CCNC(=O)CCNC(=O)c2ncccc2O)N=N1. The summed E-state index contributed by atoms with van der Waals surface area (Å²) in [5, 5.41) is 22.8. The normalized spacial score (nSPS) is 13.8. The van der Waals surface area contributed by atoms with Gasteiger partial charge in [-0.3, -0.25) is 9.59 Å².